The number of nitrogens with zero attached hydrogens (tertiary/aromatic N) is 3. The lowest BCUT2D eigenvalue weighted by atomic mass is 10.1. The van der Waals surface area contributed by atoms with Gasteiger partial charge >= 0.3 is 0 Å². The average Bonchev–Trinajstić information content (AvgIpc) is 2.62. The Morgan fingerprint density at radius 1 is 1.50 bits per heavy atom. The number of aromatic nitrogens is 2. The highest BCUT2D eigenvalue weighted by molar-refractivity contribution is 14.1. The van der Waals surface area contributed by atoms with Crippen LogP contribution in [0.5, 0.6) is 0 Å². The first-order valence-electron chi connectivity index (χ1n) is 4.65. The van der Waals surface area contributed by atoms with E-state index in [0.29, 0.717) is 5.95 Å². The van der Waals surface area contributed by atoms with E-state index in [9.17, 15) is 9.59 Å². The van der Waals surface area contributed by atoms with Crippen LogP contribution < -0.4 is 10.6 Å². The third-order valence-corrected chi connectivity index (χ3v) is 2.93. The Balaban J connectivity index is 2.20. The highest BCUT2D eigenvalue weighted by atomic mass is 127. The van der Waals surface area contributed by atoms with E-state index in [1.807, 2.05) is 0 Å². The minimum absolute atomic E-state index is 0.144. The molecule has 6 nitrogen and oxygen atoms in total. The zero-order valence-electron chi connectivity index (χ0n) is 8.26. The molecule has 1 aliphatic rings. The monoisotopic (exact) mass is 332 g/mol. The molecule has 1 fully saturated rings. The van der Waals surface area contributed by atoms with Gasteiger partial charge in [-0.05, 0) is 22.6 Å². The zero-order valence-corrected chi connectivity index (χ0v) is 10.4. The van der Waals surface area contributed by atoms with Gasteiger partial charge in [0.15, 0.2) is 0 Å². The fraction of sp³-hybridized carbons (Fsp3) is 0.333. The average molecular weight is 332 g/mol. The fourth-order valence-electron chi connectivity index (χ4n) is 1.54. The molecular weight excluding hydrogens is 323 g/mol. The summed E-state index contributed by atoms with van der Waals surface area (Å²) in [4.78, 5) is 32.1. The first-order chi connectivity index (χ1) is 7.58. The van der Waals surface area contributed by atoms with Crippen LogP contribution in [0.4, 0.5) is 5.95 Å². The predicted octanol–water partition coefficient (Wildman–Crippen LogP) is -0.0806. The lowest BCUT2D eigenvalue weighted by molar-refractivity contribution is -0.123. The summed E-state index contributed by atoms with van der Waals surface area (Å²) in [5.41, 5.74) is 5.16. The smallest absolute Gasteiger partial charge is 0.232 e. The van der Waals surface area contributed by atoms with Gasteiger partial charge in [-0.15, -0.1) is 0 Å². The summed E-state index contributed by atoms with van der Waals surface area (Å²) in [7, 11) is 0. The van der Waals surface area contributed by atoms with E-state index in [-0.39, 0.29) is 18.9 Å². The highest BCUT2D eigenvalue weighted by Gasteiger charge is 2.35. The summed E-state index contributed by atoms with van der Waals surface area (Å²) in [6.07, 6.45) is 3.38. The SMILES string of the molecule is NC(=O)C1CC(=O)N(c2ncc(I)cn2)C1. The summed E-state index contributed by atoms with van der Waals surface area (Å²) < 4.78 is 0.888. The van der Waals surface area contributed by atoms with Crippen molar-refractivity contribution in [2.75, 3.05) is 11.4 Å². The van der Waals surface area contributed by atoms with Crippen LogP contribution >= 0.6 is 22.6 Å². The Morgan fingerprint density at radius 2 is 2.12 bits per heavy atom. The van der Waals surface area contributed by atoms with Gasteiger partial charge in [0.2, 0.25) is 17.8 Å². The van der Waals surface area contributed by atoms with Crippen molar-refractivity contribution in [3.8, 4) is 0 Å². The van der Waals surface area contributed by atoms with Gasteiger partial charge in [0.25, 0.3) is 0 Å². The second-order valence-electron chi connectivity index (χ2n) is 3.51. The number of rotatable bonds is 2. The summed E-state index contributed by atoms with van der Waals surface area (Å²) >= 11 is 2.08. The van der Waals surface area contributed by atoms with Crippen molar-refractivity contribution in [1.29, 1.82) is 0 Å². The maximum Gasteiger partial charge on any atom is 0.232 e. The molecule has 0 spiro atoms. The van der Waals surface area contributed by atoms with Crippen LogP contribution in [0.25, 0.3) is 0 Å². The lowest BCUT2D eigenvalue weighted by Crippen LogP contribution is -2.29. The molecule has 1 saturated heterocycles. The normalized spacial score (nSPS) is 20.2. The van der Waals surface area contributed by atoms with Crippen LogP contribution in [0.3, 0.4) is 0 Å². The second-order valence-corrected chi connectivity index (χ2v) is 4.75. The highest BCUT2D eigenvalue weighted by Crippen LogP contribution is 2.21. The Labute approximate surface area is 105 Å². The largest absolute Gasteiger partial charge is 0.369 e. The summed E-state index contributed by atoms with van der Waals surface area (Å²) in [5, 5.41) is 0. The number of anilines is 1. The molecule has 1 unspecified atom stereocenters. The van der Waals surface area contributed by atoms with Crippen molar-refractivity contribution >= 4 is 40.4 Å². The van der Waals surface area contributed by atoms with Crippen LogP contribution in [0, 0.1) is 9.49 Å². The van der Waals surface area contributed by atoms with Crippen molar-refractivity contribution in [2.45, 2.75) is 6.42 Å². The molecule has 2 rings (SSSR count). The van der Waals surface area contributed by atoms with Gasteiger partial charge in [0, 0.05) is 28.9 Å². The summed E-state index contributed by atoms with van der Waals surface area (Å²) in [6, 6.07) is 0. The van der Waals surface area contributed by atoms with E-state index >= 15 is 0 Å². The number of amides is 2. The van der Waals surface area contributed by atoms with Crippen LogP contribution in [0.15, 0.2) is 12.4 Å². The van der Waals surface area contributed by atoms with Crippen molar-refractivity contribution < 1.29 is 9.59 Å². The maximum atomic E-state index is 11.6. The minimum atomic E-state index is -0.457. The Bertz CT molecular complexity index is 434. The quantitative estimate of drug-likeness (QED) is 0.767. The van der Waals surface area contributed by atoms with Crippen molar-refractivity contribution in [3.05, 3.63) is 16.0 Å². The molecule has 0 radical (unpaired) electrons. The van der Waals surface area contributed by atoms with Gasteiger partial charge in [-0.3, -0.25) is 14.5 Å². The van der Waals surface area contributed by atoms with Gasteiger partial charge in [-0.1, -0.05) is 0 Å². The summed E-state index contributed by atoms with van der Waals surface area (Å²) in [6.45, 7) is 0.273. The van der Waals surface area contributed by atoms with Crippen molar-refractivity contribution in [2.24, 2.45) is 11.7 Å². The number of hydrogen-bond acceptors (Lipinski definition) is 4. The van der Waals surface area contributed by atoms with Crippen molar-refractivity contribution in [3.63, 3.8) is 0 Å². The molecule has 0 aromatic carbocycles. The molecule has 0 saturated carbocycles. The molecule has 2 amide bonds. The zero-order chi connectivity index (χ0) is 11.7. The molecule has 84 valence electrons. The third kappa shape index (κ3) is 2.13. The molecule has 2 N–H and O–H groups in total. The number of primary amides is 1. The van der Waals surface area contributed by atoms with E-state index in [2.05, 4.69) is 32.6 Å². The molecule has 7 heteroatoms. The van der Waals surface area contributed by atoms with E-state index in [1.54, 1.807) is 12.4 Å². The Hall–Kier alpha value is -1.25. The van der Waals surface area contributed by atoms with E-state index in [0.717, 1.165) is 3.57 Å². The Kier molecular flexibility index (Phi) is 3.03. The lowest BCUT2D eigenvalue weighted by Gasteiger charge is -2.13. The molecule has 1 aromatic heterocycles. The molecule has 0 bridgehead atoms. The number of nitrogens with two attached hydrogens (primary N) is 1. The number of carbonyl (C=O) groups is 2. The van der Waals surface area contributed by atoms with E-state index in [1.165, 1.54) is 4.90 Å². The number of carbonyl (C=O) groups excluding carboxylic acids is 2. The molecule has 2 heterocycles. The maximum absolute atomic E-state index is 11.6. The van der Waals surface area contributed by atoms with Gasteiger partial charge in [-0.2, -0.15) is 0 Å². The van der Waals surface area contributed by atoms with E-state index in [4.69, 9.17) is 5.73 Å². The second kappa shape index (κ2) is 4.32. The third-order valence-electron chi connectivity index (χ3n) is 2.38. The topological polar surface area (TPSA) is 89.2 Å². The fourth-order valence-corrected chi connectivity index (χ4v) is 1.81. The Morgan fingerprint density at radius 3 is 2.62 bits per heavy atom. The first kappa shape index (κ1) is 11.2. The van der Waals surface area contributed by atoms with E-state index < -0.39 is 11.8 Å². The number of halogens is 1. The van der Waals surface area contributed by atoms with Crippen LogP contribution in [0.2, 0.25) is 0 Å². The molecular formula is C9H9IN4O2. The predicted molar refractivity (Wildman–Crippen MR) is 64.4 cm³/mol. The van der Waals surface area contributed by atoms with Gasteiger partial charge < -0.3 is 5.73 Å². The number of hydrogen-bond donors (Lipinski definition) is 1. The van der Waals surface area contributed by atoms with Crippen LogP contribution in [-0.4, -0.2) is 28.3 Å². The standard InChI is InChI=1S/C9H9IN4O2/c10-6-2-12-9(13-3-6)14-4-5(8(11)16)1-7(14)15/h2-3,5H,1,4H2,(H2,11,16). The van der Waals surface area contributed by atoms with Gasteiger partial charge in [-0.25, -0.2) is 9.97 Å². The molecule has 0 aliphatic carbocycles. The molecule has 1 aromatic rings. The minimum Gasteiger partial charge on any atom is -0.369 e. The molecule has 16 heavy (non-hydrogen) atoms. The van der Waals surface area contributed by atoms with Crippen LogP contribution in [-0.2, 0) is 9.59 Å². The van der Waals surface area contributed by atoms with Gasteiger partial charge in [0.05, 0.1) is 5.92 Å². The molecule has 1 atom stereocenters. The molecule has 1 aliphatic heterocycles. The van der Waals surface area contributed by atoms with Gasteiger partial charge in [0.1, 0.15) is 0 Å². The first-order valence-corrected chi connectivity index (χ1v) is 5.73. The van der Waals surface area contributed by atoms with Crippen molar-refractivity contribution in [1.82, 2.24) is 9.97 Å². The van der Waals surface area contributed by atoms with Crippen LogP contribution in [0.1, 0.15) is 6.42 Å². The summed E-state index contributed by atoms with van der Waals surface area (Å²) in [5.74, 6) is -0.726.